The third-order valence-electron chi connectivity index (χ3n) is 10.6. The van der Waals surface area contributed by atoms with Crippen molar-refractivity contribution < 1.29 is 32.9 Å². The number of quaternary nitrogens is 1. The van der Waals surface area contributed by atoms with E-state index in [4.69, 9.17) is 9.05 Å². The number of hydrogen-bond donors (Lipinski definition) is 3. The molecule has 57 heavy (non-hydrogen) atoms. The molecule has 336 valence electrons. The average Bonchev–Trinajstić information content (AvgIpc) is 3.16. The molecule has 8 nitrogen and oxygen atoms in total. The van der Waals surface area contributed by atoms with Crippen molar-refractivity contribution in [1.82, 2.24) is 5.32 Å². The molecule has 0 aromatic rings. The van der Waals surface area contributed by atoms with Crippen LogP contribution < -0.4 is 5.32 Å². The molecule has 0 aliphatic carbocycles. The van der Waals surface area contributed by atoms with Gasteiger partial charge in [0.05, 0.1) is 39.9 Å². The highest BCUT2D eigenvalue weighted by molar-refractivity contribution is 7.47. The maximum atomic E-state index is 12.9. The van der Waals surface area contributed by atoms with Crippen molar-refractivity contribution in [3.63, 3.8) is 0 Å². The van der Waals surface area contributed by atoms with Crippen molar-refractivity contribution in [3.05, 3.63) is 36.5 Å². The van der Waals surface area contributed by atoms with Gasteiger partial charge in [-0.2, -0.15) is 0 Å². The van der Waals surface area contributed by atoms with Gasteiger partial charge in [0.2, 0.25) is 5.91 Å². The van der Waals surface area contributed by atoms with E-state index in [9.17, 15) is 19.4 Å². The minimum atomic E-state index is -4.34. The Hall–Kier alpha value is -1.28. The first-order chi connectivity index (χ1) is 27.5. The number of aliphatic hydroxyl groups excluding tert-OH is 1. The number of carbonyl (C=O) groups excluding carboxylic acids is 1. The minimum absolute atomic E-state index is 0.0585. The third-order valence-corrected chi connectivity index (χ3v) is 11.6. The van der Waals surface area contributed by atoms with Gasteiger partial charge in [-0.05, 0) is 51.4 Å². The second kappa shape index (κ2) is 40.1. The summed E-state index contributed by atoms with van der Waals surface area (Å²) in [5.41, 5.74) is 0. The number of hydrogen-bond acceptors (Lipinski definition) is 5. The van der Waals surface area contributed by atoms with Crippen molar-refractivity contribution >= 4 is 13.7 Å². The van der Waals surface area contributed by atoms with E-state index in [0.717, 1.165) is 64.2 Å². The van der Waals surface area contributed by atoms with E-state index in [1.807, 2.05) is 27.2 Å². The van der Waals surface area contributed by atoms with Crippen LogP contribution in [0.1, 0.15) is 213 Å². The van der Waals surface area contributed by atoms with Gasteiger partial charge in [-0.1, -0.05) is 192 Å². The Morgan fingerprint density at radius 1 is 0.596 bits per heavy atom. The zero-order chi connectivity index (χ0) is 42.1. The molecule has 0 radical (unpaired) electrons. The fourth-order valence-electron chi connectivity index (χ4n) is 6.78. The Kier molecular flexibility index (Phi) is 39.2. The molecule has 0 bridgehead atoms. The van der Waals surface area contributed by atoms with Gasteiger partial charge in [0.15, 0.2) is 0 Å². The summed E-state index contributed by atoms with van der Waals surface area (Å²) in [5.74, 6) is -0.190. The van der Waals surface area contributed by atoms with Crippen LogP contribution in [0.25, 0.3) is 0 Å². The molecule has 0 aliphatic heterocycles. The lowest BCUT2D eigenvalue weighted by Crippen LogP contribution is -2.45. The number of phosphoric acid groups is 1. The van der Waals surface area contributed by atoms with Crippen molar-refractivity contribution in [2.75, 3.05) is 40.9 Å². The quantitative estimate of drug-likeness (QED) is 0.0245. The molecular formula is C48H94N2O6P+. The molecule has 0 aromatic carbocycles. The number of likely N-dealkylation sites (N-methyl/N-ethyl adjacent to an activating group) is 1. The van der Waals surface area contributed by atoms with Crippen LogP contribution in [-0.4, -0.2) is 73.4 Å². The largest absolute Gasteiger partial charge is 0.472 e. The molecule has 0 aromatic heterocycles. The molecular weight excluding hydrogens is 732 g/mol. The first-order valence-electron chi connectivity index (χ1n) is 23.9. The molecule has 9 heteroatoms. The highest BCUT2D eigenvalue weighted by atomic mass is 31.2. The molecule has 1 amide bonds. The number of nitrogens with one attached hydrogen (secondary N) is 1. The van der Waals surface area contributed by atoms with Crippen molar-refractivity contribution in [2.24, 2.45) is 0 Å². The second-order valence-corrected chi connectivity index (χ2v) is 18.9. The van der Waals surface area contributed by atoms with E-state index in [1.54, 1.807) is 6.08 Å². The van der Waals surface area contributed by atoms with Crippen LogP contribution in [0.4, 0.5) is 0 Å². The molecule has 0 rings (SSSR count). The third kappa shape index (κ3) is 42.6. The normalized spacial score (nSPS) is 14.6. The van der Waals surface area contributed by atoms with E-state index in [1.165, 1.54) is 128 Å². The van der Waals surface area contributed by atoms with Crippen LogP contribution in [-0.2, 0) is 18.4 Å². The predicted molar refractivity (Wildman–Crippen MR) is 244 cm³/mol. The van der Waals surface area contributed by atoms with Crippen molar-refractivity contribution in [3.8, 4) is 0 Å². The van der Waals surface area contributed by atoms with E-state index in [2.05, 4.69) is 43.5 Å². The summed E-state index contributed by atoms with van der Waals surface area (Å²) in [6.07, 6.45) is 49.2. The fourth-order valence-corrected chi connectivity index (χ4v) is 7.51. The summed E-state index contributed by atoms with van der Waals surface area (Å²) in [6, 6.07) is -0.852. The molecule has 0 saturated carbocycles. The molecule has 3 unspecified atom stereocenters. The number of carbonyl (C=O) groups is 1. The average molecular weight is 826 g/mol. The minimum Gasteiger partial charge on any atom is -0.387 e. The first kappa shape index (κ1) is 55.7. The highest BCUT2D eigenvalue weighted by Gasteiger charge is 2.27. The SMILES string of the molecule is CCCCCC/C=C\C/C=C\CCCCCCCC(=O)NC(COP(=O)(O)OCC[N+](C)(C)C)C(O)/C=C/CCCCCCCCCCCCCCCCCCC. The zero-order valence-corrected chi connectivity index (χ0v) is 39.0. The van der Waals surface area contributed by atoms with Gasteiger partial charge in [0.1, 0.15) is 13.2 Å². The fraction of sp³-hybridized carbons (Fsp3) is 0.854. The Bertz CT molecular complexity index is 1030. The van der Waals surface area contributed by atoms with Gasteiger partial charge in [0.25, 0.3) is 0 Å². The van der Waals surface area contributed by atoms with E-state index in [0.29, 0.717) is 17.4 Å². The zero-order valence-electron chi connectivity index (χ0n) is 38.1. The summed E-state index contributed by atoms with van der Waals surface area (Å²) in [6.45, 7) is 4.79. The highest BCUT2D eigenvalue weighted by Crippen LogP contribution is 2.43. The number of aliphatic hydroxyl groups is 1. The molecule has 3 atom stereocenters. The summed E-state index contributed by atoms with van der Waals surface area (Å²) >= 11 is 0. The molecule has 0 spiro atoms. The maximum Gasteiger partial charge on any atom is 0.472 e. The van der Waals surface area contributed by atoms with Gasteiger partial charge in [0, 0.05) is 6.42 Å². The lowest BCUT2D eigenvalue weighted by Gasteiger charge is -2.25. The number of amides is 1. The van der Waals surface area contributed by atoms with E-state index >= 15 is 0 Å². The lowest BCUT2D eigenvalue weighted by molar-refractivity contribution is -0.870. The summed E-state index contributed by atoms with van der Waals surface area (Å²) in [7, 11) is 1.56. The summed E-state index contributed by atoms with van der Waals surface area (Å²) in [4.78, 5) is 23.1. The summed E-state index contributed by atoms with van der Waals surface area (Å²) < 4.78 is 23.6. The van der Waals surface area contributed by atoms with Crippen LogP contribution >= 0.6 is 7.82 Å². The van der Waals surface area contributed by atoms with Crippen molar-refractivity contribution in [2.45, 2.75) is 225 Å². The van der Waals surface area contributed by atoms with E-state index in [-0.39, 0.29) is 19.1 Å². The predicted octanol–water partition coefficient (Wildman–Crippen LogP) is 13.5. The Morgan fingerprint density at radius 2 is 1.00 bits per heavy atom. The summed E-state index contributed by atoms with van der Waals surface area (Å²) in [5, 5.41) is 13.8. The molecule has 0 fully saturated rings. The van der Waals surface area contributed by atoms with Crippen LogP contribution in [0.2, 0.25) is 0 Å². The maximum absolute atomic E-state index is 12.9. The number of unbranched alkanes of at least 4 members (excludes halogenated alkanes) is 26. The number of rotatable bonds is 43. The van der Waals surface area contributed by atoms with Crippen LogP contribution in [0.5, 0.6) is 0 Å². The van der Waals surface area contributed by atoms with Gasteiger partial charge in [-0.15, -0.1) is 0 Å². The van der Waals surface area contributed by atoms with Crippen LogP contribution in [0.3, 0.4) is 0 Å². The monoisotopic (exact) mass is 826 g/mol. The van der Waals surface area contributed by atoms with Gasteiger partial charge in [-0.3, -0.25) is 13.8 Å². The smallest absolute Gasteiger partial charge is 0.387 e. The van der Waals surface area contributed by atoms with Crippen LogP contribution in [0.15, 0.2) is 36.5 Å². The van der Waals surface area contributed by atoms with Crippen molar-refractivity contribution in [1.29, 1.82) is 0 Å². The number of nitrogens with zero attached hydrogens (tertiary/aromatic N) is 1. The molecule has 0 heterocycles. The number of allylic oxidation sites excluding steroid dienone is 5. The second-order valence-electron chi connectivity index (χ2n) is 17.5. The molecule has 0 saturated heterocycles. The lowest BCUT2D eigenvalue weighted by atomic mass is 10.0. The Balaban J connectivity index is 4.40. The van der Waals surface area contributed by atoms with Gasteiger partial charge < -0.3 is 19.8 Å². The van der Waals surface area contributed by atoms with Gasteiger partial charge in [-0.25, -0.2) is 4.57 Å². The van der Waals surface area contributed by atoms with Gasteiger partial charge >= 0.3 is 7.82 Å². The first-order valence-corrected chi connectivity index (χ1v) is 25.4. The molecule has 0 aliphatic rings. The standard InChI is InChI=1S/C48H93N2O6P/c1-6-8-10-12-14-16-18-20-22-24-25-26-27-29-31-33-35-37-39-41-47(51)46(45-56-57(53,54)55-44-43-50(3,4)5)49-48(52)42-40-38-36-34-32-30-28-23-21-19-17-15-13-11-9-7-2/h17,19,23,28,39,41,46-47,51H,6-16,18,20-22,24-27,29-38,40,42-45H2,1-5H3,(H-,49,52,53,54)/p+1/b19-17-,28-23-,41-39+. The molecule has 3 N–H and O–H groups in total. The Morgan fingerprint density at radius 3 is 1.46 bits per heavy atom. The Labute approximate surface area is 353 Å². The topological polar surface area (TPSA) is 105 Å². The van der Waals surface area contributed by atoms with Crippen LogP contribution in [0, 0.1) is 0 Å². The van der Waals surface area contributed by atoms with E-state index < -0.39 is 20.0 Å². The number of phosphoric ester groups is 1.